The highest BCUT2D eigenvalue weighted by atomic mass is 16.1. The zero-order chi connectivity index (χ0) is 14.8. The van der Waals surface area contributed by atoms with E-state index in [2.05, 4.69) is 10.3 Å². The second-order valence-electron chi connectivity index (χ2n) is 5.02. The number of carbonyl (C=O) groups is 1. The molecule has 4 nitrogen and oxygen atoms in total. The molecule has 1 amide bonds. The number of aromatic nitrogens is 2. The molecule has 3 aromatic rings. The van der Waals surface area contributed by atoms with E-state index in [4.69, 9.17) is 0 Å². The van der Waals surface area contributed by atoms with Gasteiger partial charge in [-0.1, -0.05) is 17.7 Å². The van der Waals surface area contributed by atoms with Crippen LogP contribution in [-0.4, -0.2) is 15.5 Å². The molecule has 21 heavy (non-hydrogen) atoms. The normalized spacial score (nSPS) is 10.8. The van der Waals surface area contributed by atoms with E-state index in [1.165, 1.54) is 5.56 Å². The number of hydrogen-bond acceptors (Lipinski definition) is 2. The summed E-state index contributed by atoms with van der Waals surface area (Å²) in [5, 5.41) is 3.81. The Balaban J connectivity index is 1.96. The first-order valence-electron chi connectivity index (χ1n) is 7.01. The van der Waals surface area contributed by atoms with Crippen LogP contribution in [0.1, 0.15) is 22.8 Å². The van der Waals surface area contributed by atoms with Crippen molar-refractivity contribution < 1.29 is 4.79 Å². The number of hydrogen-bond donors (Lipinski definition) is 1. The van der Waals surface area contributed by atoms with Gasteiger partial charge in [0.05, 0.1) is 5.56 Å². The molecule has 0 aliphatic carbocycles. The number of anilines is 1. The number of pyridine rings is 1. The van der Waals surface area contributed by atoms with Gasteiger partial charge in [-0.2, -0.15) is 0 Å². The van der Waals surface area contributed by atoms with Crippen molar-refractivity contribution >= 4 is 22.6 Å². The van der Waals surface area contributed by atoms with Gasteiger partial charge < -0.3 is 9.88 Å². The molecule has 0 aliphatic heterocycles. The zero-order valence-electron chi connectivity index (χ0n) is 12.1. The van der Waals surface area contributed by atoms with Crippen LogP contribution in [0.3, 0.4) is 0 Å². The van der Waals surface area contributed by atoms with Gasteiger partial charge >= 0.3 is 0 Å². The summed E-state index contributed by atoms with van der Waals surface area (Å²) < 4.78 is 1.99. The van der Waals surface area contributed by atoms with Crippen molar-refractivity contribution in [1.29, 1.82) is 0 Å². The Bertz CT molecular complexity index is 787. The van der Waals surface area contributed by atoms with E-state index in [9.17, 15) is 4.79 Å². The summed E-state index contributed by atoms with van der Waals surface area (Å²) in [6, 6.07) is 11.6. The van der Waals surface area contributed by atoms with Crippen LogP contribution in [0.2, 0.25) is 0 Å². The van der Waals surface area contributed by atoms with Crippen LogP contribution in [0.5, 0.6) is 0 Å². The molecule has 0 fully saturated rings. The van der Waals surface area contributed by atoms with Crippen molar-refractivity contribution in [2.24, 2.45) is 0 Å². The molecule has 2 aromatic heterocycles. The first-order valence-corrected chi connectivity index (χ1v) is 7.01. The fourth-order valence-corrected chi connectivity index (χ4v) is 2.38. The van der Waals surface area contributed by atoms with Gasteiger partial charge in [-0.05, 0) is 38.1 Å². The molecule has 3 rings (SSSR count). The third-order valence-corrected chi connectivity index (χ3v) is 3.53. The van der Waals surface area contributed by atoms with Crippen molar-refractivity contribution in [3.8, 4) is 0 Å². The highest BCUT2D eigenvalue weighted by Crippen LogP contribution is 2.20. The van der Waals surface area contributed by atoms with E-state index >= 15 is 0 Å². The van der Waals surface area contributed by atoms with Crippen LogP contribution in [0.4, 0.5) is 5.69 Å². The minimum absolute atomic E-state index is 0.107. The molecule has 4 heteroatoms. The van der Waals surface area contributed by atoms with Gasteiger partial charge in [0.15, 0.2) is 0 Å². The largest absolute Gasteiger partial charge is 0.332 e. The highest BCUT2D eigenvalue weighted by molar-refractivity contribution is 6.12. The Kier molecular flexibility index (Phi) is 3.44. The Labute approximate surface area is 123 Å². The number of aryl methyl sites for hydroxylation is 2. The fraction of sp³-hybridized carbons (Fsp3) is 0.176. The third-order valence-electron chi connectivity index (χ3n) is 3.53. The van der Waals surface area contributed by atoms with Crippen LogP contribution in [0.25, 0.3) is 11.0 Å². The summed E-state index contributed by atoms with van der Waals surface area (Å²) >= 11 is 0. The predicted molar refractivity (Wildman–Crippen MR) is 84.5 cm³/mol. The Morgan fingerprint density at radius 1 is 1.24 bits per heavy atom. The lowest BCUT2D eigenvalue weighted by Crippen LogP contribution is -2.11. The lowest BCUT2D eigenvalue weighted by Gasteiger charge is -2.04. The first kappa shape index (κ1) is 13.4. The minimum atomic E-state index is -0.107. The van der Waals surface area contributed by atoms with E-state index in [-0.39, 0.29) is 5.91 Å². The third kappa shape index (κ3) is 2.52. The first-order chi connectivity index (χ1) is 10.2. The summed E-state index contributed by atoms with van der Waals surface area (Å²) in [5.74, 6) is -0.107. The van der Waals surface area contributed by atoms with Gasteiger partial charge in [0.1, 0.15) is 5.65 Å². The van der Waals surface area contributed by atoms with Gasteiger partial charge in [-0.25, -0.2) is 4.98 Å². The second-order valence-corrected chi connectivity index (χ2v) is 5.02. The number of carbonyl (C=O) groups excluding carboxylic acids is 1. The molecular formula is C17H17N3O. The van der Waals surface area contributed by atoms with Crippen LogP contribution in [0.15, 0.2) is 48.8 Å². The molecule has 0 aliphatic rings. The van der Waals surface area contributed by atoms with Gasteiger partial charge in [0.2, 0.25) is 0 Å². The second kappa shape index (κ2) is 5.40. The standard InChI is InChI=1S/C17H17N3O/c1-3-20-11-15(14-5-4-10-18-16(14)20)17(21)19-13-8-6-12(2)7-9-13/h4-11H,3H2,1-2H3,(H,19,21). The minimum Gasteiger partial charge on any atom is -0.332 e. The summed E-state index contributed by atoms with van der Waals surface area (Å²) in [4.78, 5) is 16.8. The van der Waals surface area contributed by atoms with Crippen molar-refractivity contribution in [2.45, 2.75) is 20.4 Å². The molecular weight excluding hydrogens is 262 g/mol. The van der Waals surface area contributed by atoms with Crippen molar-refractivity contribution in [2.75, 3.05) is 5.32 Å². The van der Waals surface area contributed by atoms with Crippen LogP contribution in [0, 0.1) is 6.92 Å². The van der Waals surface area contributed by atoms with Gasteiger partial charge in [0.25, 0.3) is 5.91 Å². The highest BCUT2D eigenvalue weighted by Gasteiger charge is 2.15. The topological polar surface area (TPSA) is 46.9 Å². The Morgan fingerprint density at radius 2 is 2.00 bits per heavy atom. The molecule has 0 atom stereocenters. The van der Waals surface area contributed by atoms with Crippen LogP contribution >= 0.6 is 0 Å². The van der Waals surface area contributed by atoms with E-state index in [0.29, 0.717) is 5.56 Å². The monoisotopic (exact) mass is 279 g/mol. The molecule has 0 bridgehead atoms. The van der Waals surface area contributed by atoms with Crippen LogP contribution in [-0.2, 0) is 6.54 Å². The molecule has 0 saturated carbocycles. The Morgan fingerprint density at radius 3 is 2.71 bits per heavy atom. The number of amides is 1. The van der Waals surface area contributed by atoms with Crippen molar-refractivity contribution in [3.63, 3.8) is 0 Å². The predicted octanol–water partition coefficient (Wildman–Crippen LogP) is 3.62. The Hall–Kier alpha value is -2.62. The van der Waals surface area contributed by atoms with E-state index < -0.39 is 0 Å². The maximum Gasteiger partial charge on any atom is 0.257 e. The SMILES string of the molecule is CCn1cc(C(=O)Nc2ccc(C)cc2)c2cccnc21. The summed E-state index contributed by atoms with van der Waals surface area (Å²) in [6.07, 6.45) is 3.61. The van der Waals surface area contributed by atoms with Gasteiger partial charge in [0, 0.05) is 30.0 Å². The van der Waals surface area contributed by atoms with Gasteiger partial charge in [-0.3, -0.25) is 4.79 Å². The zero-order valence-corrected chi connectivity index (χ0v) is 12.1. The fourth-order valence-electron chi connectivity index (χ4n) is 2.38. The quantitative estimate of drug-likeness (QED) is 0.796. The van der Waals surface area contributed by atoms with E-state index in [1.807, 2.05) is 61.0 Å². The van der Waals surface area contributed by atoms with Crippen molar-refractivity contribution in [3.05, 3.63) is 59.9 Å². The average Bonchev–Trinajstić information content (AvgIpc) is 2.88. The number of nitrogens with zero attached hydrogens (tertiary/aromatic N) is 2. The van der Waals surface area contributed by atoms with Crippen molar-refractivity contribution in [1.82, 2.24) is 9.55 Å². The molecule has 1 N–H and O–H groups in total. The lowest BCUT2D eigenvalue weighted by atomic mass is 10.2. The molecule has 0 saturated heterocycles. The van der Waals surface area contributed by atoms with E-state index in [1.54, 1.807) is 6.20 Å². The summed E-state index contributed by atoms with van der Waals surface area (Å²) in [7, 11) is 0. The molecule has 0 unspecified atom stereocenters. The molecule has 106 valence electrons. The lowest BCUT2D eigenvalue weighted by molar-refractivity contribution is 0.102. The molecule has 1 aromatic carbocycles. The molecule has 0 radical (unpaired) electrons. The van der Waals surface area contributed by atoms with E-state index in [0.717, 1.165) is 23.3 Å². The molecule has 0 spiro atoms. The summed E-state index contributed by atoms with van der Waals surface area (Å²) in [6.45, 7) is 4.84. The van der Waals surface area contributed by atoms with Gasteiger partial charge in [-0.15, -0.1) is 0 Å². The molecule has 2 heterocycles. The maximum absolute atomic E-state index is 12.5. The van der Waals surface area contributed by atoms with Crippen LogP contribution < -0.4 is 5.32 Å². The maximum atomic E-state index is 12.5. The number of benzene rings is 1. The number of fused-ring (bicyclic) bond motifs is 1. The number of rotatable bonds is 3. The summed E-state index contributed by atoms with van der Waals surface area (Å²) in [5.41, 5.74) is 3.46. The average molecular weight is 279 g/mol. The number of nitrogens with one attached hydrogen (secondary N) is 1. The smallest absolute Gasteiger partial charge is 0.257 e.